The average Bonchev–Trinajstić information content (AvgIpc) is 2.03. The van der Waals surface area contributed by atoms with Gasteiger partial charge in [0, 0.05) is 11.9 Å². The molecule has 0 aromatic rings. The van der Waals surface area contributed by atoms with Crippen LogP contribution >= 0.6 is 0 Å². The minimum atomic E-state index is 0.603. The van der Waals surface area contributed by atoms with E-state index in [0.29, 0.717) is 5.92 Å². The fourth-order valence-electron chi connectivity index (χ4n) is 0.544. The van der Waals surface area contributed by atoms with Crippen molar-refractivity contribution in [1.29, 1.82) is 0 Å². The molecule has 0 aromatic carbocycles. The third kappa shape index (κ3) is 4.89. The molecule has 0 rings (SSSR count). The zero-order valence-corrected chi connectivity index (χ0v) is 8.59. The Labute approximate surface area is 75.9 Å². The van der Waals surface area contributed by atoms with Crippen LogP contribution in [0.2, 0.25) is 0 Å². The van der Waals surface area contributed by atoms with Gasteiger partial charge in [0.05, 0.1) is 0 Å². The highest BCUT2D eigenvalue weighted by atomic mass is 14.7. The van der Waals surface area contributed by atoms with Gasteiger partial charge >= 0.3 is 0 Å². The molecule has 12 heavy (non-hydrogen) atoms. The van der Waals surface area contributed by atoms with Crippen LogP contribution in [-0.2, 0) is 0 Å². The zero-order valence-electron chi connectivity index (χ0n) is 8.59. The molecule has 0 unspecified atom stereocenters. The summed E-state index contributed by atoms with van der Waals surface area (Å²) in [5.41, 5.74) is 2.28. The van der Waals surface area contributed by atoms with Gasteiger partial charge in [-0.25, -0.2) is 0 Å². The molecule has 0 saturated heterocycles. The molecule has 1 nitrogen and oxygen atoms in total. The lowest BCUT2D eigenvalue weighted by molar-refractivity contribution is 0.771. The van der Waals surface area contributed by atoms with Crippen molar-refractivity contribution in [3.8, 4) is 0 Å². The van der Waals surface area contributed by atoms with E-state index < -0.39 is 0 Å². The summed E-state index contributed by atoms with van der Waals surface area (Å²) in [6.45, 7) is 12.3. The van der Waals surface area contributed by atoms with Crippen LogP contribution in [0.1, 0.15) is 34.1 Å². The molecule has 0 aliphatic carbocycles. The summed E-state index contributed by atoms with van der Waals surface area (Å²) in [7, 11) is 0. The molecule has 0 atom stereocenters. The first-order valence-corrected chi connectivity index (χ1v) is 4.46. The van der Waals surface area contributed by atoms with Crippen molar-refractivity contribution in [2.24, 2.45) is 10.9 Å². The van der Waals surface area contributed by atoms with E-state index in [2.05, 4.69) is 39.3 Å². The van der Waals surface area contributed by atoms with Crippen molar-refractivity contribution < 1.29 is 0 Å². The summed E-state index contributed by atoms with van der Waals surface area (Å²) in [6.07, 6.45) is 4.80. The Bertz CT molecular complexity index is 197. The maximum absolute atomic E-state index is 4.17. The average molecular weight is 165 g/mol. The van der Waals surface area contributed by atoms with E-state index in [9.17, 15) is 0 Å². The normalized spacial score (nSPS) is 12.9. The van der Waals surface area contributed by atoms with Crippen LogP contribution in [0.15, 0.2) is 28.9 Å². The van der Waals surface area contributed by atoms with E-state index in [-0.39, 0.29) is 0 Å². The fraction of sp³-hybridized carbons (Fsp3) is 0.545. The molecule has 0 heterocycles. The maximum Gasteiger partial charge on any atom is 0.0329 e. The van der Waals surface area contributed by atoms with Gasteiger partial charge in [0.25, 0.3) is 0 Å². The molecule has 0 aliphatic heterocycles. The number of aliphatic imine (C=N–C) groups is 1. The van der Waals surface area contributed by atoms with Crippen molar-refractivity contribution >= 4 is 6.21 Å². The lowest BCUT2D eigenvalue weighted by atomic mass is 10.1. The first kappa shape index (κ1) is 11.2. The fourth-order valence-corrected chi connectivity index (χ4v) is 0.544. The van der Waals surface area contributed by atoms with Crippen molar-refractivity contribution in [1.82, 2.24) is 0 Å². The van der Waals surface area contributed by atoms with Crippen LogP contribution < -0.4 is 0 Å². The summed E-state index contributed by atoms with van der Waals surface area (Å²) in [4.78, 5) is 4.17. The van der Waals surface area contributed by atoms with Crippen LogP contribution in [-0.4, -0.2) is 6.21 Å². The Morgan fingerprint density at radius 1 is 1.50 bits per heavy atom. The van der Waals surface area contributed by atoms with Gasteiger partial charge in [0.15, 0.2) is 0 Å². The SMILES string of the molecule is C=C(CC)/N=C\C=C(/C)C(C)C. The van der Waals surface area contributed by atoms with Crippen LogP contribution in [0.3, 0.4) is 0 Å². The quantitative estimate of drug-likeness (QED) is 0.564. The molecule has 0 aromatic heterocycles. The van der Waals surface area contributed by atoms with Crippen molar-refractivity contribution in [3.05, 3.63) is 23.9 Å². The monoisotopic (exact) mass is 165 g/mol. The molecular formula is C11H19N. The molecule has 0 bridgehead atoms. The largest absolute Gasteiger partial charge is 0.262 e. The van der Waals surface area contributed by atoms with Gasteiger partial charge in [-0.1, -0.05) is 32.9 Å². The Kier molecular flexibility index (Phi) is 5.35. The zero-order chi connectivity index (χ0) is 9.56. The molecule has 0 aliphatic rings. The highest BCUT2D eigenvalue weighted by Gasteiger charge is 1.92. The van der Waals surface area contributed by atoms with E-state index in [4.69, 9.17) is 0 Å². The van der Waals surface area contributed by atoms with Crippen LogP contribution in [0.25, 0.3) is 0 Å². The van der Waals surface area contributed by atoms with Gasteiger partial charge in [0.2, 0.25) is 0 Å². The Morgan fingerprint density at radius 3 is 2.50 bits per heavy atom. The van der Waals surface area contributed by atoms with Gasteiger partial charge in [-0.05, 0) is 25.3 Å². The van der Waals surface area contributed by atoms with Crippen molar-refractivity contribution in [3.63, 3.8) is 0 Å². The van der Waals surface area contributed by atoms with Crippen molar-refractivity contribution in [2.45, 2.75) is 34.1 Å². The molecule has 0 radical (unpaired) electrons. The second-order valence-electron chi connectivity index (χ2n) is 3.26. The molecule has 68 valence electrons. The second-order valence-corrected chi connectivity index (χ2v) is 3.26. The number of hydrogen-bond donors (Lipinski definition) is 0. The highest BCUT2D eigenvalue weighted by Crippen LogP contribution is 2.06. The molecule has 0 saturated carbocycles. The Hall–Kier alpha value is -0.850. The summed E-state index contributed by atoms with van der Waals surface area (Å²) < 4.78 is 0. The van der Waals surface area contributed by atoms with E-state index in [1.54, 1.807) is 0 Å². The first-order chi connectivity index (χ1) is 5.57. The van der Waals surface area contributed by atoms with Gasteiger partial charge in [-0.2, -0.15) is 0 Å². The first-order valence-electron chi connectivity index (χ1n) is 4.46. The molecule has 0 N–H and O–H groups in total. The summed E-state index contributed by atoms with van der Waals surface area (Å²) in [5, 5.41) is 0. The van der Waals surface area contributed by atoms with Crippen LogP contribution in [0.4, 0.5) is 0 Å². The summed E-state index contributed by atoms with van der Waals surface area (Å²) >= 11 is 0. The van der Waals surface area contributed by atoms with Gasteiger partial charge in [-0.3, -0.25) is 4.99 Å². The third-order valence-electron chi connectivity index (χ3n) is 1.91. The number of rotatable bonds is 4. The number of hydrogen-bond acceptors (Lipinski definition) is 1. The lowest BCUT2D eigenvalue weighted by Gasteiger charge is -2.01. The molecule has 1 heteroatoms. The Morgan fingerprint density at radius 2 is 2.08 bits per heavy atom. The molecular weight excluding hydrogens is 146 g/mol. The summed E-state index contributed by atoms with van der Waals surface area (Å²) in [5.74, 6) is 0.603. The lowest BCUT2D eigenvalue weighted by Crippen LogP contribution is -1.88. The van der Waals surface area contributed by atoms with E-state index >= 15 is 0 Å². The van der Waals surface area contributed by atoms with Crippen molar-refractivity contribution in [2.75, 3.05) is 0 Å². The van der Waals surface area contributed by atoms with E-state index in [0.717, 1.165) is 12.1 Å². The third-order valence-corrected chi connectivity index (χ3v) is 1.91. The number of allylic oxidation sites excluding steroid dienone is 3. The highest BCUT2D eigenvalue weighted by molar-refractivity contribution is 5.73. The van der Waals surface area contributed by atoms with E-state index in [1.165, 1.54) is 5.57 Å². The summed E-state index contributed by atoms with van der Waals surface area (Å²) in [6, 6.07) is 0. The maximum atomic E-state index is 4.17. The van der Waals surface area contributed by atoms with Gasteiger partial charge in [0.1, 0.15) is 0 Å². The predicted octanol–water partition coefficient (Wildman–Crippen LogP) is 3.58. The Balaban J connectivity index is 4.03. The molecule has 0 amide bonds. The van der Waals surface area contributed by atoms with Gasteiger partial charge < -0.3 is 0 Å². The standard InChI is InChI=1S/C11H19N/c1-6-11(5)12-8-7-10(4)9(2)3/h7-9H,5-6H2,1-4H3/b10-7+,12-8-. The van der Waals surface area contributed by atoms with Gasteiger partial charge in [-0.15, -0.1) is 0 Å². The van der Waals surface area contributed by atoms with Crippen LogP contribution in [0.5, 0.6) is 0 Å². The van der Waals surface area contributed by atoms with Crippen LogP contribution in [0, 0.1) is 5.92 Å². The molecule has 0 fully saturated rings. The van der Waals surface area contributed by atoms with E-state index in [1.807, 2.05) is 12.3 Å². The molecule has 0 spiro atoms. The number of nitrogens with zero attached hydrogens (tertiary/aromatic N) is 1. The smallest absolute Gasteiger partial charge is 0.0329 e. The minimum absolute atomic E-state index is 0.603. The topological polar surface area (TPSA) is 12.4 Å². The second kappa shape index (κ2) is 5.76. The minimum Gasteiger partial charge on any atom is -0.262 e. The predicted molar refractivity (Wildman–Crippen MR) is 56.5 cm³/mol.